The van der Waals surface area contributed by atoms with Gasteiger partial charge in [0.25, 0.3) is 5.56 Å². The normalized spacial score (nSPS) is 10.3. The molecule has 0 fully saturated rings. The van der Waals surface area contributed by atoms with Gasteiger partial charge >= 0.3 is 0 Å². The van der Waals surface area contributed by atoms with Gasteiger partial charge in [0.1, 0.15) is 21.5 Å². The van der Waals surface area contributed by atoms with Crippen molar-refractivity contribution in [1.29, 1.82) is 10.5 Å². The van der Waals surface area contributed by atoms with Crippen molar-refractivity contribution in [3.8, 4) is 41.0 Å². The van der Waals surface area contributed by atoms with Crippen LogP contribution in [-0.2, 0) is 25.7 Å². The van der Waals surface area contributed by atoms with E-state index in [4.69, 9.17) is 71.1 Å². The number of hydrogen-bond acceptors (Lipinski definition) is 9. The van der Waals surface area contributed by atoms with Crippen molar-refractivity contribution in [2.45, 2.75) is 25.7 Å². The summed E-state index contributed by atoms with van der Waals surface area (Å²) in [7, 11) is 1.50. The maximum absolute atomic E-state index is 12.1. The summed E-state index contributed by atoms with van der Waals surface area (Å²) in [4.78, 5) is 27.3. The number of nitrogens with zero attached hydrogens (tertiary/aromatic N) is 5. The van der Waals surface area contributed by atoms with Gasteiger partial charge in [-0.05, 0) is 97.5 Å². The highest BCUT2D eigenvalue weighted by molar-refractivity contribution is 6.33. The molecule has 0 aliphatic rings. The number of H-pyrrole nitrogens is 1. The smallest absolute Gasteiger partial charge is 0.270 e. The molecule has 1 N–H and O–H groups in total. The van der Waals surface area contributed by atoms with Crippen molar-refractivity contribution in [1.82, 2.24) is 19.9 Å². The molecule has 14 heteroatoms. The van der Waals surface area contributed by atoms with Crippen LogP contribution in [0.4, 0.5) is 0 Å². The number of benzene rings is 2. The van der Waals surface area contributed by atoms with Crippen molar-refractivity contribution < 1.29 is 14.2 Å². The van der Waals surface area contributed by atoms with Crippen LogP contribution in [0.1, 0.15) is 33.6 Å². The molecule has 0 aliphatic heterocycles. The Kier molecular flexibility index (Phi) is 13.7. The van der Waals surface area contributed by atoms with Gasteiger partial charge in [-0.25, -0.2) is 4.98 Å². The van der Waals surface area contributed by atoms with Crippen LogP contribution in [0.3, 0.4) is 0 Å². The van der Waals surface area contributed by atoms with Gasteiger partial charge in [-0.15, -0.1) is 0 Å². The molecule has 266 valence electrons. The number of hydrogen-bond donors (Lipinski definition) is 1. The first-order chi connectivity index (χ1) is 25.6. The van der Waals surface area contributed by atoms with Crippen LogP contribution in [0.5, 0.6) is 28.9 Å². The van der Waals surface area contributed by atoms with E-state index in [1.54, 1.807) is 61.2 Å². The minimum absolute atomic E-state index is 0.0591. The quantitative estimate of drug-likeness (QED) is 0.136. The molecule has 0 amide bonds. The van der Waals surface area contributed by atoms with Crippen molar-refractivity contribution in [3.63, 3.8) is 0 Å². The lowest BCUT2D eigenvalue weighted by atomic mass is 10.1. The van der Waals surface area contributed by atoms with E-state index in [1.165, 1.54) is 19.2 Å². The summed E-state index contributed by atoms with van der Waals surface area (Å²) in [5, 5.41) is 19.1. The lowest BCUT2D eigenvalue weighted by Crippen LogP contribution is -2.11. The summed E-state index contributed by atoms with van der Waals surface area (Å²) in [6.07, 6.45) is 9.75. The highest BCUT2D eigenvalue weighted by Crippen LogP contribution is 2.37. The summed E-state index contributed by atoms with van der Waals surface area (Å²) in [5.74, 6) is 1.63. The van der Waals surface area contributed by atoms with E-state index >= 15 is 0 Å². The molecule has 6 rings (SSSR count). The van der Waals surface area contributed by atoms with Gasteiger partial charge in [0.15, 0.2) is 11.5 Å². The topological polar surface area (TPSA) is 147 Å². The lowest BCUT2D eigenvalue weighted by Gasteiger charge is -2.13. The van der Waals surface area contributed by atoms with E-state index in [0.717, 1.165) is 29.7 Å². The molecular weight excluding hydrogens is 758 g/mol. The van der Waals surface area contributed by atoms with Gasteiger partial charge in [-0.3, -0.25) is 14.8 Å². The van der Waals surface area contributed by atoms with Crippen LogP contribution in [0.25, 0.3) is 0 Å². The first-order valence-corrected chi connectivity index (χ1v) is 17.3. The molecule has 0 aliphatic carbocycles. The van der Waals surface area contributed by atoms with E-state index in [-0.39, 0.29) is 21.7 Å². The monoisotopic (exact) mass is 784 g/mol. The molecule has 0 unspecified atom stereocenters. The second kappa shape index (κ2) is 18.7. The van der Waals surface area contributed by atoms with Crippen molar-refractivity contribution in [2.24, 2.45) is 0 Å². The number of ether oxygens (including phenoxy) is 3. The third kappa shape index (κ3) is 11.2. The number of aromatic nitrogens is 4. The number of halogens is 4. The summed E-state index contributed by atoms with van der Waals surface area (Å²) < 4.78 is 16.9. The Labute approximate surface area is 325 Å². The molecule has 0 saturated heterocycles. The predicted octanol–water partition coefficient (Wildman–Crippen LogP) is 9.77. The maximum Gasteiger partial charge on any atom is 0.270 e. The van der Waals surface area contributed by atoms with Crippen LogP contribution in [0.2, 0.25) is 20.1 Å². The molecule has 0 radical (unpaired) electrons. The molecule has 0 atom stereocenters. The molecule has 0 saturated carbocycles. The number of aryl methyl sites for hydroxylation is 4. The third-order valence-electron chi connectivity index (χ3n) is 7.44. The molecular formula is C39H28Cl4N6O4. The predicted molar refractivity (Wildman–Crippen MR) is 204 cm³/mol. The van der Waals surface area contributed by atoms with E-state index in [1.807, 2.05) is 36.4 Å². The minimum atomic E-state index is -0.434. The summed E-state index contributed by atoms with van der Waals surface area (Å²) in [6, 6.07) is 24.6. The summed E-state index contributed by atoms with van der Waals surface area (Å²) in [5.41, 5.74) is 4.03. The van der Waals surface area contributed by atoms with Crippen LogP contribution in [-0.4, -0.2) is 27.0 Å². The zero-order valence-electron chi connectivity index (χ0n) is 27.9. The van der Waals surface area contributed by atoms with Crippen LogP contribution < -0.4 is 19.8 Å². The minimum Gasteiger partial charge on any atom is -0.480 e. The number of pyridine rings is 4. The first-order valence-electron chi connectivity index (χ1n) is 15.8. The molecule has 6 aromatic rings. The molecule has 53 heavy (non-hydrogen) atoms. The third-order valence-corrected chi connectivity index (χ3v) is 8.59. The Balaban J connectivity index is 0.000000204. The Bertz CT molecular complexity index is 2350. The standard InChI is InChI=1S/C20H15Cl2N3O2.C19H13Cl2N3O2/c1-26-20-19(22)18(27-17-9-14(12-23)8-15(21)10-17)11-16(25-20)3-2-13-4-6-24-7-5-13;20-14-7-13(11-22)8-16(9-14)26-17-10-15(24-19(25)18(17)21)2-1-12-3-5-23-6-4-12/h4-11H,2-3H2,1H3;3-10H,1-2H2,(H,24,25). The number of aromatic amines is 1. The van der Waals surface area contributed by atoms with E-state index in [9.17, 15) is 4.79 Å². The second-order valence-corrected chi connectivity index (χ2v) is 12.9. The van der Waals surface area contributed by atoms with Crippen molar-refractivity contribution in [2.75, 3.05) is 7.11 Å². The molecule has 4 heterocycles. The average Bonchev–Trinajstić information content (AvgIpc) is 3.16. The zero-order valence-corrected chi connectivity index (χ0v) is 31.0. The number of rotatable bonds is 11. The summed E-state index contributed by atoms with van der Waals surface area (Å²) in [6.45, 7) is 0. The number of nitrogens with one attached hydrogen (secondary N) is 1. The molecule has 2 aromatic carbocycles. The van der Waals surface area contributed by atoms with Gasteiger partial charge in [-0.2, -0.15) is 10.5 Å². The van der Waals surface area contributed by atoms with Crippen LogP contribution in [0.15, 0.2) is 102 Å². The van der Waals surface area contributed by atoms with Gasteiger partial charge in [0.05, 0.1) is 30.4 Å². The highest BCUT2D eigenvalue weighted by Gasteiger charge is 2.15. The Morgan fingerprint density at radius 3 is 1.68 bits per heavy atom. The maximum atomic E-state index is 12.1. The van der Waals surface area contributed by atoms with Gasteiger partial charge in [0.2, 0.25) is 5.88 Å². The van der Waals surface area contributed by atoms with Crippen LogP contribution in [0, 0.1) is 22.7 Å². The zero-order chi connectivity index (χ0) is 37.7. The van der Waals surface area contributed by atoms with Gasteiger partial charge < -0.3 is 19.2 Å². The van der Waals surface area contributed by atoms with Gasteiger partial charge in [-0.1, -0.05) is 46.4 Å². The first kappa shape index (κ1) is 38.6. The van der Waals surface area contributed by atoms with E-state index in [0.29, 0.717) is 57.0 Å². The van der Waals surface area contributed by atoms with E-state index in [2.05, 4.69) is 19.9 Å². The fourth-order valence-corrected chi connectivity index (χ4v) is 5.73. The highest BCUT2D eigenvalue weighted by atomic mass is 35.5. The Hall–Kier alpha value is -5.62. The SMILES string of the molecule is COc1nc(CCc2ccncc2)cc(Oc2cc(Cl)cc(C#N)c2)c1Cl.N#Cc1cc(Cl)cc(Oc2cc(CCc3ccncc3)[nH]c(=O)c2Cl)c1. The largest absolute Gasteiger partial charge is 0.480 e. The molecule has 0 bridgehead atoms. The molecule has 10 nitrogen and oxygen atoms in total. The Morgan fingerprint density at radius 2 is 1.17 bits per heavy atom. The average molecular weight is 787 g/mol. The lowest BCUT2D eigenvalue weighted by molar-refractivity contribution is 0.390. The van der Waals surface area contributed by atoms with Gasteiger partial charge in [0, 0.05) is 58.4 Å². The van der Waals surface area contributed by atoms with Crippen LogP contribution >= 0.6 is 46.4 Å². The van der Waals surface area contributed by atoms with E-state index < -0.39 is 5.56 Å². The number of nitriles is 2. The molecule has 0 spiro atoms. The van der Waals surface area contributed by atoms with Crippen molar-refractivity contribution >= 4 is 46.4 Å². The fourth-order valence-electron chi connectivity index (χ4n) is 4.93. The summed E-state index contributed by atoms with van der Waals surface area (Å²) >= 11 is 24.4. The molecule has 4 aromatic heterocycles. The number of methoxy groups -OCH3 is 1. The fraction of sp³-hybridized carbons (Fsp3) is 0.128. The Morgan fingerprint density at radius 1 is 0.660 bits per heavy atom. The van der Waals surface area contributed by atoms with Crippen molar-refractivity contribution in [3.05, 3.63) is 162 Å². The second-order valence-electron chi connectivity index (χ2n) is 11.2.